The first kappa shape index (κ1) is 9.34. The van der Waals surface area contributed by atoms with Gasteiger partial charge >= 0.3 is 0 Å². The van der Waals surface area contributed by atoms with Gasteiger partial charge in [-0.05, 0) is 30.5 Å². The second-order valence-corrected chi connectivity index (χ2v) is 3.66. The van der Waals surface area contributed by atoms with Gasteiger partial charge in [0.05, 0.1) is 7.11 Å². The Morgan fingerprint density at radius 1 is 1.50 bits per heavy atom. The van der Waals surface area contributed by atoms with Gasteiger partial charge in [0.15, 0.2) is 11.5 Å². The van der Waals surface area contributed by atoms with Gasteiger partial charge in [-0.3, -0.25) is 0 Å². The fraction of sp³-hybridized carbons (Fsp3) is 0.455. The van der Waals surface area contributed by atoms with Gasteiger partial charge in [0.2, 0.25) is 0 Å². The van der Waals surface area contributed by atoms with Crippen LogP contribution in [-0.2, 0) is 6.54 Å². The molecule has 0 saturated heterocycles. The third kappa shape index (κ3) is 2.17. The lowest BCUT2D eigenvalue weighted by molar-refractivity contribution is 0.373. The minimum Gasteiger partial charge on any atom is -0.504 e. The van der Waals surface area contributed by atoms with Crippen molar-refractivity contribution in [2.75, 3.05) is 7.11 Å². The third-order valence-corrected chi connectivity index (χ3v) is 2.42. The molecule has 1 aliphatic carbocycles. The number of nitrogens with one attached hydrogen (secondary N) is 1. The van der Waals surface area contributed by atoms with Crippen molar-refractivity contribution in [1.29, 1.82) is 0 Å². The van der Waals surface area contributed by atoms with Crippen molar-refractivity contribution in [1.82, 2.24) is 5.32 Å². The van der Waals surface area contributed by atoms with E-state index in [2.05, 4.69) is 5.32 Å². The molecule has 76 valence electrons. The van der Waals surface area contributed by atoms with Crippen LogP contribution in [0, 0.1) is 0 Å². The molecule has 3 heteroatoms. The van der Waals surface area contributed by atoms with E-state index in [1.807, 2.05) is 6.07 Å². The summed E-state index contributed by atoms with van der Waals surface area (Å²) in [5, 5.41) is 12.9. The van der Waals surface area contributed by atoms with E-state index < -0.39 is 0 Å². The summed E-state index contributed by atoms with van der Waals surface area (Å²) in [6, 6.07) is 6.20. The quantitative estimate of drug-likeness (QED) is 0.764. The molecular weight excluding hydrogens is 178 g/mol. The van der Waals surface area contributed by atoms with Crippen molar-refractivity contribution in [2.24, 2.45) is 0 Å². The van der Waals surface area contributed by atoms with Gasteiger partial charge in [-0.25, -0.2) is 0 Å². The van der Waals surface area contributed by atoms with Gasteiger partial charge in [0, 0.05) is 12.6 Å². The molecule has 0 heterocycles. The summed E-state index contributed by atoms with van der Waals surface area (Å²) in [6.07, 6.45) is 2.56. The van der Waals surface area contributed by atoms with E-state index in [4.69, 9.17) is 4.74 Å². The maximum Gasteiger partial charge on any atom is 0.160 e. The Morgan fingerprint density at radius 2 is 2.29 bits per heavy atom. The normalized spacial score (nSPS) is 15.5. The Kier molecular flexibility index (Phi) is 2.59. The maximum atomic E-state index is 9.52. The van der Waals surface area contributed by atoms with E-state index >= 15 is 0 Å². The summed E-state index contributed by atoms with van der Waals surface area (Å²) in [6.45, 7) is 0.822. The lowest BCUT2D eigenvalue weighted by Crippen LogP contribution is -2.15. The average molecular weight is 193 g/mol. The molecule has 1 aromatic rings. The van der Waals surface area contributed by atoms with Crippen LogP contribution in [0.4, 0.5) is 0 Å². The zero-order valence-electron chi connectivity index (χ0n) is 8.29. The lowest BCUT2D eigenvalue weighted by atomic mass is 10.2. The molecule has 0 bridgehead atoms. The van der Waals surface area contributed by atoms with Gasteiger partial charge in [-0.1, -0.05) is 6.07 Å². The van der Waals surface area contributed by atoms with Crippen molar-refractivity contribution in [3.05, 3.63) is 23.8 Å². The number of rotatable bonds is 4. The number of ether oxygens (including phenoxy) is 1. The van der Waals surface area contributed by atoms with Crippen LogP contribution in [0.2, 0.25) is 0 Å². The summed E-state index contributed by atoms with van der Waals surface area (Å²) >= 11 is 0. The first-order valence-electron chi connectivity index (χ1n) is 4.89. The van der Waals surface area contributed by atoms with Gasteiger partial charge < -0.3 is 15.2 Å². The molecule has 2 rings (SSSR count). The monoisotopic (exact) mass is 193 g/mol. The Balaban J connectivity index is 1.99. The second kappa shape index (κ2) is 3.88. The third-order valence-electron chi connectivity index (χ3n) is 2.42. The van der Waals surface area contributed by atoms with Gasteiger partial charge in [-0.2, -0.15) is 0 Å². The highest BCUT2D eigenvalue weighted by Gasteiger charge is 2.19. The summed E-state index contributed by atoms with van der Waals surface area (Å²) in [4.78, 5) is 0. The lowest BCUT2D eigenvalue weighted by Gasteiger charge is -2.06. The number of aromatic hydroxyl groups is 1. The van der Waals surface area contributed by atoms with Crippen LogP contribution in [0.5, 0.6) is 11.5 Å². The van der Waals surface area contributed by atoms with Crippen LogP contribution >= 0.6 is 0 Å². The molecule has 0 aliphatic heterocycles. The Morgan fingerprint density at radius 3 is 2.86 bits per heavy atom. The van der Waals surface area contributed by atoms with Crippen LogP contribution in [0.25, 0.3) is 0 Å². The number of methoxy groups -OCH3 is 1. The van der Waals surface area contributed by atoms with E-state index in [1.165, 1.54) is 12.8 Å². The van der Waals surface area contributed by atoms with Crippen LogP contribution in [0.15, 0.2) is 18.2 Å². The van der Waals surface area contributed by atoms with Gasteiger partial charge in [0.25, 0.3) is 0 Å². The fourth-order valence-electron chi connectivity index (χ4n) is 1.40. The number of hydrogen-bond acceptors (Lipinski definition) is 3. The molecule has 2 N–H and O–H groups in total. The molecule has 0 unspecified atom stereocenters. The molecule has 0 radical (unpaired) electrons. The fourth-order valence-corrected chi connectivity index (χ4v) is 1.40. The molecule has 0 aromatic heterocycles. The average Bonchev–Trinajstić information content (AvgIpc) is 2.98. The molecule has 0 atom stereocenters. The predicted molar refractivity (Wildman–Crippen MR) is 54.5 cm³/mol. The van der Waals surface area contributed by atoms with Crippen LogP contribution in [-0.4, -0.2) is 18.3 Å². The molecule has 0 amide bonds. The minimum atomic E-state index is 0.211. The molecule has 1 aromatic carbocycles. The first-order chi connectivity index (χ1) is 6.79. The smallest absolute Gasteiger partial charge is 0.160 e. The zero-order valence-corrected chi connectivity index (χ0v) is 8.29. The standard InChI is InChI=1S/C11H15NO2/c1-14-11-5-2-8(6-10(11)13)7-12-9-3-4-9/h2,5-6,9,12-13H,3-4,7H2,1H3. The number of phenols is 1. The SMILES string of the molecule is COc1ccc(CNC2CC2)cc1O. The zero-order chi connectivity index (χ0) is 9.97. The molecule has 1 aliphatic rings. The van der Waals surface area contributed by atoms with Gasteiger partial charge in [-0.15, -0.1) is 0 Å². The molecule has 3 nitrogen and oxygen atoms in total. The maximum absolute atomic E-state index is 9.52. The number of phenolic OH excluding ortho intramolecular Hbond substituents is 1. The topological polar surface area (TPSA) is 41.5 Å². The van der Waals surface area contributed by atoms with E-state index in [0.717, 1.165) is 12.1 Å². The highest BCUT2D eigenvalue weighted by Crippen LogP contribution is 2.26. The number of hydrogen-bond donors (Lipinski definition) is 2. The van der Waals surface area contributed by atoms with Gasteiger partial charge in [0.1, 0.15) is 0 Å². The van der Waals surface area contributed by atoms with Crippen LogP contribution < -0.4 is 10.1 Å². The molecule has 0 spiro atoms. The van der Waals surface area contributed by atoms with Crippen molar-refractivity contribution in [2.45, 2.75) is 25.4 Å². The van der Waals surface area contributed by atoms with E-state index in [0.29, 0.717) is 11.8 Å². The summed E-state index contributed by atoms with van der Waals surface area (Å²) in [5.74, 6) is 0.739. The van der Waals surface area contributed by atoms with E-state index in [-0.39, 0.29) is 5.75 Å². The molecule has 1 saturated carbocycles. The van der Waals surface area contributed by atoms with E-state index in [1.54, 1.807) is 19.2 Å². The second-order valence-electron chi connectivity index (χ2n) is 3.66. The first-order valence-corrected chi connectivity index (χ1v) is 4.89. The summed E-state index contributed by atoms with van der Waals surface area (Å²) in [7, 11) is 1.55. The molecule has 1 fully saturated rings. The molecule has 14 heavy (non-hydrogen) atoms. The summed E-state index contributed by atoms with van der Waals surface area (Å²) < 4.78 is 4.97. The predicted octanol–water partition coefficient (Wildman–Crippen LogP) is 1.65. The van der Waals surface area contributed by atoms with E-state index in [9.17, 15) is 5.11 Å². The Bertz CT molecular complexity index is 321. The summed E-state index contributed by atoms with van der Waals surface area (Å²) in [5.41, 5.74) is 1.09. The highest BCUT2D eigenvalue weighted by molar-refractivity contribution is 5.41. The largest absolute Gasteiger partial charge is 0.504 e. The number of benzene rings is 1. The van der Waals surface area contributed by atoms with Crippen LogP contribution in [0.3, 0.4) is 0 Å². The Hall–Kier alpha value is -1.22. The minimum absolute atomic E-state index is 0.211. The van der Waals surface area contributed by atoms with Crippen LogP contribution in [0.1, 0.15) is 18.4 Å². The van der Waals surface area contributed by atoms with Crippen molar-refractivity contribution < 1.29 is 9.84 Å². The molecular formula is C11H15NO2. The Labute approximate surface area is 83.7 Å². The van der Waals surface area contributed by atoms with Crippen molar-refractivity contribution in [3.63, 3.8) is 0 Å². The van der Waals surface area contributed by atoms with Crippen molar-refractivity contribution >= 4 is 0 Å². The van der Waals surface area contributed by atoms with Crippen molar-refractivity contribution in [3.8, 4) is 11.5 Å². The highest BCUT2D eigenvalue weighted by atomic mass is 16.5.